The van der Waals surface area contributed by atoms with Crippen molar-refractivity contribution in [2.75, 3.05) is 6.26 Å². The summed E-state index contributed by atoms with van der Waals surface area (Å²) in [5.74, 6) is 0.680. The van der Waals surface area contributed by atoms with Crippen molar-refractivity contribution >= 4 is 20.6 Å². The predicted molar refractivity (Wildman–Crippen MR) is 128 cm³/mol. The van der Waals surface area contributed by atoms with E-state index >= 15 is 0 Å². The van der Waals surface area contributed by atoms with Gasteiger partial charge in [0, 0.05) is 41.4 Å². The van der Waals surface area contributed by atoms with Gasteiger partial charge in [-0.1, -0.05) is 18.2 Å². The third-order valence-electron chi connectivity index (χ3n) is 5.30. The van der Waals surface area contributed by atoms with Crippen LogP contribution in [0.3, 0.4) is 0 Å². The minimum Gasteiger partial charge on any atom is -0.487 e. The zero-order chi connectivity index (χ0) is 22.8. The second-order valence-electron chi connectivity index (χ2n) is 7.67. The Morgan fingerprint density at radius 1 is 1.00 bits per heavy atom. The number of nitrogens with zero attached hydrogens (tertiary/aromatic N) is 3. The number of aromatic amines is 1. The topological polar surface area (TPSA) is 105 Å². The maximum absolute atomic E-state index is 12.5. The molecule has 0 aliphatic heterocycles. The van der Waals surface area contributed by atoms with Crippen molar-refractivity contribution in [2.24, 2.45) is 0 Å². The number of H-pyrrole nitrogens is 1. The van der Waals surface area contributed by atoms with Gasteiger partial charge in [0.25, 0.3) is 0 Å². The van der Waals surface area contributed by atoms with E-state index in [1.165, 1.54) is 6.26 Å². The highest BCUT2D eigenvalue weighted by Gasteiger charge is 2.13. The van der Waals surface area contributed by atoms with E-state index in [0.29, 0.717) is 21.9 Å². The van der Waals surface area contributed by atoms with E-state index in [4.69, 9.17) is 9.52 Å². The van der Waals surface area contributed by atoms with Crippen molar-refractivity contribution in [2.45, 2.75) is 11.5 Å². The molecule has 0 amide bonds. The molecule has 33 heavy (non-hydrogen) atoms. The van der Waals surface area contributed by atoms with Crippen molar-refractivity contribution in [3.05, 3.63) is 91.0 Å². The van der Waals surface area contributed by atoms with Gasteiger partial charge in [0.15, 0.2) is 0 Å². The van der Waals surface area contributed by atoms with E-state index in [2.05, 4.69) is 20.2 Å². The highest BCUT2D eigenvalue weighted by molar-refractivity contribution is 7.92. The molecule has 5 aromatic rings. The van der Waals surface area contributed by atoms with Gasteiger partial charge in [0.05, 0.1) is 31.5 Å². The van der Waals surface area contributed by atoms with Crippen LogP contribution in [0.2, 0.25) is 0 Å². The molecular weight excluding hydrogens is 434 g/mol. The fourth-order valence-electron chi connectivity index (χ4n) is 3.72. The molecule has 0 saturated carbocycles. The molecule has 0 saturated heterocycles. The Kier molecular flexibility index (Phi) is 5.35. The molecule has 0 bridgehead atoms. The molecular formula is C25H21N5O2S. The lowest BCUT2D eigenvalue weighted by Gasteiger charge is -2.11. The summed E-state index contributed by atoms with van der Waals surface area (Å²) in [6.07, 6.45) is 6.81. The molecule has 1 atom stereocenters. The molecule has 0 aliphatic carbocycles. The fourth-order valence-corrected chi connectivity index (χ4v) is 4.67. The zero-order valence-electron chi connectivity index (χ0n) is 17.9. The third-order valence-corrected chi connectivity index (χ3v) is 6.47. The first kappa shape index (κ1) is 20.8. The van der Waals surface area contributed by atoms with Gasteiger partial charge in [-0.2, -0.15) is 5.10 Å². The van der Waals surface area contributed by atoms with E-state index in [9.17, 15) is 4.21 Å². The van der Waals surface area contributed by atoms with Gasteiger partial charge in [-0.25, -0.2) is 14.0 Å². The second kappa shape index (κ2) is 8.48. The Morgan fingerprint density at radius 3 is 2.52 bits per heavy atom. The minimum atomic E-state index is -2.90. The summed E-state index contributed by atoms with van der Waals surface area (Å²) in [4.78, 5) is 9.16. The first-order valence-corrected chi connectivity index (χ1v) is 12.3. The lowest BCUT2D eigenvalue weighted by molar-refractivity contribution is 0.301. The van der Waals surface area contributed by atoms with E-state index < -0.39 is 9.73 Å². The van der Waals surface area contributed by atoms with Gasteiger partial charge < -0.3 is 4.74 Å². The largest absolute Gasteiger partial charge is 0.487 e. The smallest absolute Gasteiger partial charge is 0.130 e. The Bertz CT molecular complexity index is 1530. The number of rotatable bonds is 6. The highest BCUT2D eigenvalue weighted by atomic mass is 32.2. The van der Waals surface area contributed by atoms with Crippen molar-refractivity contribution in [1.29, 1.82) is 4.78 Å². The molecule has 2 N–H and O–H groups in total. The number of ether oxygens (including phenoxy) is 1. The molecule has 164 valence electrons. The van der Waals surface area contributed by atoms with Gasteiger partial charge in [-0.3, -0.25) is 10.1 Å². The highest BCUT2D eigenvalue weighted by Crippen LogP contribution is 2.31. The summed E-state index contributed by atoms with van der Waals surface area (Å²) < 4.78 is 26.5. The molecule has 3 heterocycles. The van der Waals surface area contributed by atoms with Crippen LogP contribution in [0, 0.1) is 4.78 Å². The zero-order valence-corrected chi connectivity index (χ0v) is 18.7. The SMILES string of the molecule is CS(=N)(=O)c1cc(COc2ccc(-c3n[nH]cc3-c3ccncc3)cc2)nc2ccccc12. The average molecular weight is 456 g/mol. The normalized spacial score (nSPS) is 13.0. The fraction of sp³-hybridized carbons (Fsp3) is 0.0800. The van der Waals surface area contributed by atoms with E-state index in [0.717, 1.165) is 27.8 Å². The predicted octanol–water partition coefficient (Wildman–Crippen LogP) is 5.30. The van der Waals surface area contributed by atoms with Crippen LogP contribution in [0.25, 0.3) is 33.3 Å². The van der Waals surface area contributed by atoms with Crippen LogP contribution in [-0.4, -0.2) is 30.6 Å². The number of hydrogen-bond donors (Lipinski definition) is 2. The van der Waals surface area contributed by atoms with Crippen LogP contribution in [0.5, 0.6) is 5.75 Å². The van der Waals surface area contributed by atoms with Crippen LogP contribution in [-0.2, 0) is 16.3 Å². The number of para-hydroxylation sites is 1. The Balaban J connectivity index is 1.38. The van der Waals surface area contributed by atoms with Crippen molar-refractivity contribution in [3.63, 3.8) is 0 Å². The molecule has 8 heteroatoms. The van der Waals surface area contributed by atoms with Crippen LogP contribution >= 0.6 is 0 Å². The lowest BCUT2D eigenvalue weighted by Crippen LogP contribution is -2.03. The molecule has 7 nitrogen and oxygen atoms in total. The molecule has 0 aliphatic rings. The van der Waals surface area contributed by atoms with Crippen molar-refractivity contribution < 1.29 is 8.95 Å². The first-order valence-electron chi connectivity index (χ1n) is 10.3. The minimum absolute atomic E-state index is 0.206. The van der Waals surface area contributed by atoms with Crippen molar-refractivity contribution in [1.82, 2.24) is 20.2 Å². The molecule has 2 aromatic carbocycles. The number of hydrogen-bond acceptors (Lipinski definition) is 6. The first-order chi connectivity index (χ1) is 16.0. The standard InChI is InChI=1S/C25H21N5O2S/c1-33(26,31)24-14-19(29-23-5-3-2-4-21(23)24)16-32-20-8-6-18(7-9-20)25-22(15-28-30-25)17-10-12-27-13-11-17/h2-15,26H,16H2,1H3,(H,28,30). The van der Waals surface area contributed by atoms with Gasteiger partial charge in [0.2, 0.25) is 0 Å². The van der Waals surface area contributed by atoms with E-state index in [-0.39, 0.29) is 6.61 Å². The number of benzene rings is 2. The Morgan fingerprint density at radius 2 is 1.76 bits per heavy atom. The number of nitrogens with one attached hydrogen (secondary N) is 2. The molecule has 3 aromatic heterocycles. The molecule has 1 unspecified atom stereocenters. The summed E-state index contributed by atoms with van der Waals surface area (Å²) >= 11 is 0. The summed E-state index contributed by atoms with van der Waals surface area (Å²) in [5.41, 5.74) is 5.17. The summed E-state index contributed by atoms with van der Waals surface area (Å²) in [6, 6.07) is 20.7. The van der Waals surface area contributed by atoms with Crippen LogP contribution < -0.4 is 4.74 Å². The number of aromatic nitrogens is 4. The van der Waals surface area contributed by atoms with Gasteiger partial charge >= 0.3 is 0 Å². The third kappa shape index (κ3) is 4.33. The molecule has 0 fully saturated rings. The van der Waals surface area contributed by atoms with Crippen molar-refractivity contribution in [3.8, 4) is 28.1 Å². The van der Waals surface area contributed by atoms with Gasteiger partial charge in [-0.05, 0) is 54.1 Å². The Labute approximate surface area is 191 Å². The molecule has 0 spiro atoms. The molecule has 5 rings (SSSR count). The van der Waals surface area contributed by atoms with E-state index in [1.54, 1.807) is 18.5 Å². The monoisotopic (exact) mass is 455 g/mol. The Hall–Kier alpha value is -4.04. The number of pyridine rings is 2. The van der Waals surface area contributed by atoms with Gasteiger partial charge in [-0.15, -0.1) is 0 Å². The number of fused-ring (bicyclic) bond motifs is 1. The van der Waals surface area contributed by atoms with Crippen LogP contribution in [0.4, 0.5) is 0 Å². The molecule has 0 radical (unpaired) electrons. The van der Waals surface area contributed by atoms with Crippen LogP contribution in [0.1, 0.15) is 5.69 Å². The summed E-state index contributed by atoms with van der Waals surface area (Å²) in [5, 5.41) is 8.08. The van der Waals surface area contributed by atoms with E-state index in [1.807, 2.05) is 66.9 Å². The second-order valence-corrected chi connectivity index (χ2v) is 9.80. The average Bonchev–Trinajstić information content (AvgIpc) is 3.32. The maximum Gasteiger partial charge on any atom is 0.130 e. The van der Waals surface area contributed by atoms with Crippen LogP contribution in [0.15, 0.2) is 90.2 Å². The quantitative estimate of drug-likeness (QED) is 0.361. The summed E-state index contributed by atoms with van der Waals surface area (Å²) in [6.45, 7) is 0.206. The maximum atomic E-state index is 12.5. The summed E-state index contributed by atoms with van der Waals surface area (Å²) in [7, 11) is -2.90. The van der Waals surface area contributed by atoms with Gasteiger partial charge in [0.1, 0.15) is 12.4 Å². The lowest BCUT2D eigenvalue weighted by atomic mass is 10.0.